The molecule has 0 bridgehead atoms. The summed E-state index contributed by atoms with van der Waals surface area (Å²) < 4.78 is 15.6. The second kappa shape index (κ2) is 1.96. The van der Waals surface area contributed by atoms with Gasteiger partial charge in [-0.15, -0.1) is 0 Å². The zero-order valence-corrected chi connectivity index (χ0v) is 18.2. The number of aliphatic hydroxyl groups is 2. The van der Waals surface area contributed by atoms with E-state index in [1.54, 1.807) is 0 Å². The van der Waals surface area contributed by atoms with Crippen LogP contribution in [0.5, 0.6) is 0 Å². The average Bonchev–Trinajstić information content (AvgIpc) is 3.65. The van der Waals surface area contributed by atoms with Crippen molar-refractivity contribution in [2.75, 3.05) is 26.4 Å². The summed E-state index contributed by atoms with van der Waals surface area (Å²) in [6.45, 7) is 1.64. The summed E-state index contributed by atoms with van der Waals surface area (Å²) in [6.07, 6.45) is 8.92. The van der Waals surface area contributed by atoms with Gasteiger partial charge in [-0.2, -0.15) is 0 Å². The predicted octanol–water partition coefficient (Wildman–Crippen LogP) is 4.72. The predicted molar refractivity (Wildman–Crippen MR) is 103 cm³/mol. The molecule has 1 spiro atoms. The Labute approximate surface area is 158 Å². The molecule has 5 unspecified atom stereocenters. The van der Waals surface area contributed by atoms with Gasteiger partial charge in [-0.05, 0) is 0 Å². The first-order valence-electron chi connectivity index (χ1n) is 12.2. The molecule has 5 atom stereocenters. The zero-order chi connectivity index (χ0) is 18.8. The van der Waals surface area contributed by atoms with E-state index in [0.29, 0.717) is 26.5 Å². The van der Waals surface area contributed by atoms with Crippen LogP contribution in [-0.2, 0) is 16.0 Å². The molecular formula is C23H36FeO4. The quantitative estimate of drug-likeness (QED) is 0.308. The number of unbranched alkanes of at least 4 members (excludes halogenated alkanes) is 6. The van der Waals surface area contributed by atoms with E-state index in [2.05, 4.69) is 6.92 Å². The number of fused-ring (bicyclic) bond motifs is 10. The van der Waals surface area contributed by atoms with Crippen molar-refractivity contribution in [1.29, 1.82) is 0 Å². The van der Waals surface area contributed by atoms with E-state index in [4.69, 9.17) is 19.7 Å². The molecule has 10 heterocycles. The number of ether oxygens (including phenoxy) is 2. The van der Waals surface area contributed by atoms with Gasteiger partial charge in [0.15, 0.2) is 0 Å². The monoisotopic (exact) mass is 432 g/mol. The van der Waals surface area contributed by atoms with Crippen LogP contribution in [0.3, 0.4) is 0 Å². The molecule has 0 amide bonds. The van der Waals surface area contributed by atoms with E-state index < -0.39 is 6.51 Å². The zero-order valence-electron chi connectivity index (χ0n) is 17.1. The summed E-state index contributed by atoms with van der Waals surface area (Å²) in [7, 11) is 0. The van der Waals surface area contributed by atoms with Gasteiger partial charge in [-0.3, -0.25) is 0 Å². The van der Waals surface area contributed by atoms with Gasteiger partial charge in [0.1, 0.15) is 0 Å². The molecule has 0 aromatic rings. The summed E-state index contributed by atoms with van der Waals surface area (Å²) in [5.41, 5.74) is 0. The summed E-state index contributed by atoms with van der Waals surface area (Å²) in [5, 5.41) is 18.0. The van der Waals surface area contributed by atoms with Crippen molar-refractivity contribution in [3.8, 4) is 0 Å². The Bertz CT molecular complexity index is 1180. The number of hydrogen-bond donors (Lipinski definition) is 2. The van der Waals surface area contributed by atoms with Crippen LogP contribution >= 0.6 is 0 Å². The van der Waals surface area contributed by atoms with Crippen molar-refractivity contribution in [3.63, 3.8) is 0 Å². The molecule has 0 saturated carbocycles. The van der Waals surface area contributed by atoms with E-state index >= 15 is 0 Å². The molecule has 10 saturated heterocycles. The van der Waals surface area contributed by atoms with Crippen molar-refractivity contribution < 1.29 is 26.2 Å². The third kappa shape index (κ3) is 0.252. The van der Waals surface area contributed by atoms with Crippen LogP contribution in [0.25, 0.3) is 0 Å². The molecule has 0 aromatic heterocycles. The third-order valence-corrected chi connectivity index (χ3v) is 61.9. The Morgan fingerprint density at radius 1 is 0.679 bits per heavy atom. The Morgan fingerprint density at radius 3 is 1.64 bits per heavy atom. The second-order valence-electron chi connectivity index (χ2n) is 14.0. The Morgan fingerprint density at radius 2 is 1.18 bits per heavy atom. The molecule has 0 radical (unpaired) electrons. The molecule has 0 aromatic carbocycles. The molecule has 28 heavy (non-hydrogen) atoms. The van der Waals surface area contributed by atoms with E-state index in [9.17, 15) is 0 Å². The first kappa shape index (κ1) is 15.2. The average molecular weight is 432 g/mol. The van der Waals surface area contributed by atoms with Crippen LogP contribution in [0.4, 0.5) is 0 Å². The van der Waals surface area contributed by atoms with Gasteiger partial charge < -0.3 is 0 Å². The standard InChI is InChI=1S/C18H31O4.C5H5.Fe/c1-16-10-11-17(21-14-8-4-2-6-12-19)18(16)22-15-9-5-3-7-13-20;1-2-4-5-3-1;/h10-11,19-20H,2-9,12-15H2,1H3;1-5H;. The molecule has 10 rings (SSSR count). The molecule has 5 heteroatoms. The van der Waals surface area contributed by atoms with Crippen LogP contribution in [-0.4, -0.2) is 45.6 Å². The van der Waals surface area contributed by atoms with E-state index in [-0.39, 0.29) is 0 Å². The van der Waals surface area contributed by atoms with Crippen LogP contribution in [0.1, 0.15) is 58.3 Å². The van der Waals surface area contributed by atoms with Crippen LogP contribution < -0.4 is 0 Å². The molecule has 160 valence electrons. The number of rotatable bonds is 14. The fraction of sp³-hybridized carbons (Fsp3) is 1.00. The Kier molecular flexibility index (Phi) is 1.07. The third-order valence-electron chi connectivity index (χ3n) is 18.2. The maximum atomic E-state index is 9.01. The fourth-order valence-corrected chi connectivity index (χ4v) is 95.9. The topological polar surface area (TPSA) is 58.9 Å². The molecule has 4 nitrogen and oxygen atoms in total. The molecular weight excluding hydrogens is 396 g/mol. The van der Waals surface area contributed by atoms with Crippen LogP contribution in [0.2, 0.25) is 38.0 Å². The van der Waals surface area contributed by atoms with Crippen molar-refractivity contribution >= 4 is 0 Å². The summed E-state index contributed by atoms with van der Waals surface area (Å²) in [4.78, 5) is 8.18. The van der Waals surface area contributed by atoms with E-state index in [1.165, 1.54) is 54.6 Å². The van der Waals surface area contributed by atoms with Crippen LogP contribution in [0.15, 0.2) is 0 Å². The van der Waals surface area contributed by atoms with E-state index in [1.807, 2.05) is 0 Å². The summed E-state index contributed by atoms with van der Waals surface area (Å²) >= 11 is 0. The molecule has 10 fully saturated rings. The summed E-state index contributed by atoms with van der Waals surface area (Å²) in [6, 6.07) is 0. The number of aliphatic hydroxyl groups excluding tert-OH is 2. The summed E-state index contributed by atoms with van der Waals surface area (Å²) in [5.74, 6) is 0. The Balaban J connectivity index is 0.978. The van der Waals surface area contributed by atoms with Crippen molar-refractivity contribution in [3.05, 3.63) is 0 Å². The van der Waals surface area contributed by atoms with Gasteiger partial charge in [0.05, 0.1) is 0 Å². The molecule has 0 aliphatic carbocycles. The minimum absolute atomic E-state index is 0.307. The van der Waals surface area contributed by atoms with Gasteiger partial charge >= 0.3 is 158 Å². The molecule has 10 aliphatic heterocycles. The van der Waals surface area contributed by atoms with E-state index in [0.717, 1.165) is 43.7 Å². The first-order valence-corrected chi connectivity index (χ1v) is 18.3. The minimum atomic E-state index is -3.66. The second-order valence-corrected chi connectivity index (χ2v) is 37.1. The van der Waals surface area contributed by atoms with Crippen molar-refractivity contribution in [2.24, 2.45) is 0 Å². The molecule has 2 N–H and O–H groups in total. The maximum absolute atomic E-state index is 9.01. The molecule has 10 aliphatic rings. The van der Waals surface area contributed by atoms with Gasteiger partial charge in [0, 0.05) is 0 Å². The first-order chi connectivity index (χ1) is 13.5. The van der Waals surface area contributed by atoms with Crippen molar-refractivity contribution in [2.45, 2.75) is 105 Å². The van der Waals surface area contributed by atoms with Crippen molar-refractivity contribution in [1.82, 2.24) is 0 Å². The number of hydrogen-bond acceptors (Lipinski definition) is 4. The SMILES string of the molecule is C[C]12[CH]3[CH]4[C]5(OCCCCCCO)[C]1(OCCCCCCO)[Fe]34251678[CH]2[CH]1[CH]6[CH]7[CH]28. The van der Waals surface area contributed by atoms with Gasteiger partial charge in [-0.1, -0.05) is 0 Å². The normalized spacial score (nSPS) is 82.5. The fourth-order valence-electron chi connectivity index (χ4n) is 20.0. The Hall–Kier alpha value is 0.359. The van der Waals surface area contributed by atoms with Gasteiger partial charge in [-0.25, -0.2) is 0 Å². The van der Waals surface area contributed by atoms with Gasteiger partial charge in [0.2, 0.25) is 0 Å². The van der Waals surface area contributed by atoms with Crippen LogP contribution in [0, 0.1) is 0 Å². The van der Waals surface area contributed by atoms with Gasteiger partial charge in [0.25, 0.3) is 0 Å².